The molecule has 1 fully saturated rings. The van der Waals surface area contributed by atoms with Gasteiger partial charge >= 0.3 is 0 Å². The minimum Gasteiger partial charge on any atom is -0.378 e. The minimum atomic E-state index is -3.19. The molecule has 1 saturated heterocycles. The zero-order valence-electron chi connectivity index (χ0n) is 14.7. The van der Waals surface area contributed by atoms with Crippen LogP contribution in [-0.2, 0) is 10.0 Å². The van der Waals surface area contributed by atoms with Crippen LogP contribution in [-0.4, -0.2) is 58.2 Å². The Balaban J connectivity index is 1.90. The monoisotopic (exact) mass is 353 g/mol. The predicted molar refractivity (Wildman–Crippen MR) is 96.9 cm³/mol. The van der Waals surface area contributed by atoms with E-state index in [2.05, 4.69) is 4.72 Å². The summed E-state index contributed by atoms with van der Waals surface area (Å²) in [4.78, 5) is 16.3. The topological polar surface area (TPSA) is 69.7 Å². The molecule has 1 aromatic carbocycles. The summed E-state index contributed by atoms with van der Waals surface area (Å²) in [6.07, 6.45) is 1.92. The van der Waals surface area contributed by atoms with Crippen LogP contribution in [0.3, 0.4) is 0 Å². The van der Waals surface area contributed by atoms with E-state index < -0.39 is 10.0 Å². The second-order valence-electron chi connectivity index (χ2n) is 6.44. The van der Waals surface area contributed by atoms with Gasteiger partial charge in [-0.1, -0.05) is 6.92 Å². The first-order valence-electron chi connectivity index (χ1n) is 8.39. The van der Waals surface area contributed by atoms with Gasteiger partial charge in [-0.2, -0.15) is 0 Å². The summed E-state index contributed by atoms with van der Waals surface area (Å²) in [7, 11) is 0.727. The maximum Gasteiger partial charge on any atom is 0.253 e. The maximum absolute atomic E-state index is 12.5. The van der Waals surface area contributed by atoms with E-state index in [-0.39, 0.29) is 17.7 Å². The third kappa shape index (κ3) is 4.95. The zero-order chi connectivity index (χ0) is 17.7. The highest BCUT2D eigenvalue weighted by molar-refractivity contribution is 7.89. The number of anilines is 1. The Labute approximate surface area is 144 Å². The summed E-state index contributed by atoms with van der Waals surface area (Å²) in [6.45, 7) is 3.00. The first kappa shape index (κ1) is 18.7. The van der Waals surface area contributed by atoms with Gasteiger partial charge in [-0.05, 0) is 43.5 Å². The predicted octanol–water partition coefficient (Wildman–Crippen LogP) is 1.69. The highest BCUT2D eigenvalue weighted by atomic mass is 32.2. The second-order valence-corrected chi connectivity index (χ2v) is 8.32. The van der Waals surface area contributed by atoms with E-state index in [0.717, 1.165) is 5.69 Å². The molecule has 7 heteroatoms. The van der Waals surface area contributed by atoms with Crippen LogP contribution >= 0.6 is 0 Å². The molecule has 1 heterocycles. The summed E-state index contributed by atoms with van der Waals surface area (Å²) >= 11 is 0. The lowest BCUT2D eigenvalue weighted by Gasteiger charge is -2.32. The number of amides is 1. The van der Waals surface area contributed by atoms with Crippen LogP contribution in [0.5, 0.6) is 0 Å². The molecule has 0 aromatic heterocycles. The Hall–Kier alpha value is -1.60. The summed E-state index contributed by atoms with van der Waals surface area (Å²) in [5.74, 6) is 0.167. The molecule has 1 N–H and O–H groups in total. The largest absolute Gasteiger partial charge is 0.378 e. The number of rotatable bonds is 6. The van der Waals surface area contributed by atoms with Gasteiger partial charge in [-0.3, -0.25) is 4.79 Å². The van der Waals surface area contributed by atoms with E-state index >= 15 is 0 Å². The van der Waals surface area contributed by atoms with Crippen molar-refractivity contribution < 1.29 is 13.2 Å². The Kier molecular flexibility index (Phi) is 6.23. The Morgan fingerprint density at radius 2 is 1.79 bits per heavy atom. The molecule has 1 aromatic rings. The van der Waals surface area contributed by atoms with Crippen molar-refractivity contribution in [2.45, 2.75) is 32.2 Å². The van der Waals surface area contributed by atoms with Crippen LogP contribution in [0.4, 0.5) is 5.69 Å². The van der Waals surface area contributed by atoms with Crippen molar-refractivity contribution in [1.82, 2.24) is 9.62 Å². The molecule has 1 aliphatic rings. The molecule has 0 atom stereocenters. The Morgan fingerprint density at radius 1 is 1.21 bits per heavy atom. The fraction of sp³-hybridized carbons (Fsp3) is 0.588. The van der Waals surface area contributed by atoms with Gasteiger partial charge in [0, 0.05) is 44.5 Å². The number of carbonyl (C=O) groups excluding carboxylic acids is 1. The third-order valence-electron chi connectivity index (χ3n) is 4.23. The number of benzene rings is 1. The number of hydrogen-bond acceptors (Lipinski definition) is 4. The molecular formula is C17H27N3O3S. The summed E-state index contributed by atoms with van der Waals surface area (Å²) in [5.41, 5.74) is 1.72. The molecule has 134 valence electrons. The fourth-order valence-electron chi connectivity index (χ4n) is 2.87. The molecule has 24 heavy (non-hydrogen) atoms. The summed E-state index contributed by atoms with van der Waals surface area (Å²) in [6, 6.07) is 7.47. The van der Waals surface area contributed by atoms with E-state index in [1.807, 2.05) is 50.2 Å². The van der Waals surface area contributed by atoms with E-state index in [1.165, 1.54) is 0 Å². The molecule has 0 spiro atoms. The van der Waals surface area contributed by atoms with Gasteiger partial charge in [0.1, 0.15) is 0 Å². The van der Waals surface area contributed by atoms with E-state index in [0.29, 0.717) is 37.9 Å². The molecule has 0 bridgehead atoms. The number of sulfonamides is 1. The number of carbonyl (C=O) groups is 1. The van der Waals surface area contributed by atoms with Crippen molar-refractivity contribution in [3.8, 4) is 0 Å². The quantitative estimate of drug-likeness (QED) is 0.845. The molecule has 1 amide bonds. The van der Waals surface area contributed by atoms with E-state index in [1.54, 1.807) is 4.90 Å². The molecule has 6 nitrogen and oxygen atoms in total. The van der Waals surface area contributed by atoms with Gasteiger partial charge in [-0.15, -0.1) is 0 Å². The third-order valence-corrected chi connectivity index (χ3v) is 5.87. The molecule has 0 saturated carbocycles. The molecule has 0 radical (unpaired) electrons. The first-order valence-corrected chi connectivity index (χ1v) is 10.0. The number of hydrogen-bond donors (Lipinski definition) is 1. The average molecular weight is 353 g/mol. The maximum atomic E-state index is 12.5. The lowest BCUT2D eigenvalue weighted by molar-refractivity contribution is 0.0711. The highest BCUT2D eigenvalue weighted by Gasteiger charge is 2.26. The number of nitrogens with one attached hydrogen (secondary N) is 1. The second kappa shape index (κ2) is 7.98. The van der Waals surface area contributed by atoms with Crippen molar-refractivity contribution in [3.63, 3.8) is 0 Å². The average Bonchev–Trinajstić information content (AvgIpc) is 2.54. The van der Waals surface area contributed by atoms with Crippen LogP contribution < -0.4 is 9.62 Å². The van der Waals surface area contributed by atoms with Crippen molar-refractivity contribution in [1.29, 1.82) is 0 Å². The lowest BCUT2D eigenvalue weighted by Crippen LogP contribution is -2.46. The zero-order valence-corrected chi connectivity index (χ0v) is 15.5. The van der Waals surface area contributed by atoms with Gasteiger partial charge in [0.25, 0.3) is 5.91 Å². The molecular weight excluding hydrogens is 326 g/mol. The van der Waals surface area contributed by atoms with Gasteiger partial charge in [0.2, 0.25) is 10.0 Å². The first-order chi connectivity index (χ1) is 11.3. The van der Waals surface area contributed by atoms with Gasteiger partial charge in [0.05, 0.1) is 5.75 Å². The molecule has 0 unspecified atom stereocenters. The van der Waals surface area contributed by atoms with Crippen LogP contribution in [0.15, 0.2) is 24.3 Å². The number of nitrogens with zero attached hydrogens (tertiary/aromatic N) is 2. The van der Waals surface area contributed by atoms with Crippen molar-refractivity contribution >= 4 is 21.6 Å². The van der Waals surface area contributed by atoms with Gasteiger partial charge < -0.3 is 9.80 Å². The highest BCUT2D eigenvalue weighted by Crippen LogP contribution is 2.17. The minimum absolute atomic E-state index is 0.00942. The molecule has 0 aliphatic carbocycles. The normalized spacial score (nSPS) is 16.2. The Bertz CT molecular complexity index is 648. The standard InChI is InChI=1S/C17H27N3O3S/c1-4-13-24(22,23)18-15-9-11-20(12-10-15)17(21)14-5-7-16(8-6-14)19(2)3/h5-8,15,18H,4,9-13H2,1-3H3. The molecule has 1 aliphatic heterocycles. The van der Waals surface area contributed by atoms with Crippen molar-refractivity contribution in [3.05, 3.63) is 29.8 Å². The van der Waals surface area contributed by atoms with Crippen LogP contribution in [0.2, 0.25) is 0 Å². The summed E-state index contributed by atoms with van der Waals surface area (Å²) < 4.78 is 26.4. The SMILES string of the molecule is CCCS(=O)(=O)NC1CCN(C(=O)c2ccc(N(C)C)cc2)CC1. The number of likely N-dealkylation sites (tertiary alicyclic amines) is 1. The van der Waals surface area contributed by atoms with E-state index in [9.17, 15) is 13.2 Å². The number of piperidine rings is 1. The Morgan fingerprint density at radius 3 is 2.29 bits per heavy atom. The summed E-state index contributed by atoms with van der Waals surface area (Å²) in [5, 5.41) is 0. The van der Waals surface area contributed by atoms with Crippen molar-refractivity contribution in [2.75, 3.05) is 37.8 Å². The van der Waals surface area contributed by atoms with Crippen LogP contribution in [0.25, 0.3) is 0 Å². The van der Waals surface area contributed by atoms with Gasteiger partial charge in [-0.25, -0.2) is 13.1 Å². The van der Waals surface area contributed by atoms with Crippen LogP contribution in [0, 0.1) is 0 Å². The lowest BCUT2D eigenvalue weighted by atomic mass is 10.0. The van der Waals surface area contributed by atoms with E-state index in [4.69, 9.17) is 0 Å². The van der Waals surface area contributed by atoms with Gasteiger partial charge in [0.15, 0.2) is 0 Å². The smallest absolute Gasteiger partial charge is 0.253 e. The molecule has 2 rings (SSSR count). The van der Waals surface area contributed by atoms with Crippen LogP contribution in [0.1, 0.15) is 36.5 Å². The van der Waals surface area contributed by atoms with Crippen molar-refractivity contribution in [2.24, 2.45) is 0 Å². The fourth-order valence-corrected chi connectivity index (χ4v) is 4.27.